The van der Waals surface area contributed by atoms with Gasteiger partial charge in [0.05, 0.1) is 5.60 Å². The Morgan fingerprint density at radius 3 is 2.39 bits per heavy atom. The third-order valence-corrected chi connectivity index (χ3v) is 4.30. The van der Waals surface area contributed by atoms with E-state index in [0.29, 0.717) is 6.04 Å². The molecule has 1 aliphatic carbocycles. The fourth-order valence-corrected chi connectivity index (χ4v) is 2.91. The van der Waals surface area contributed by atoms with Gasteiger partial charge < -0.3 is 10.4 Å². The van der Waals surface area contributed by atoms with Crippen molar-refractivity contribution >= 4 is 0 Å². The van der Waals surface area contributed by atoms with E-state index < -0.39 is 5.60 Å². The maximum absolute atomic E-state index is 10.4. The van der Waals surface area contributed by atoms with E-state index in [4.69, 9.17) is 0 Å². The summed E-state index contributed by atoms with van der Waals surface area (Å²) in [5, 5.41) is 13.9. The SMILES string of the molecule is CCCCCCCC(C)NCC1(O)CCCCC1. The highest BCUT2D eigenvalue weighted by molar-refractivity contribution is 4.85. The number of nitrogens with one attached hydrogen (secondary N) is 1. The van der Waals surface area contributed by atoms with Crippen LogP contribution in [-0.2, 0) is 0 Å². The molecule has 1 rings (SSSR count). The number of unbranched alkanes of at least 4 members (excludes halogenated alkanes) is 4. The van der Waals surface area contributed by atoms with Gasteiger partial charge in [0.2, 0.25) is 0 Å². The topological polar surface area (TPSA) is 32.3 Å². The van der Waals surface area contributed by atoms with Crippen molar-refractivity contribution in [3.05, 3.63) is 0 Å². The predicted molar refractivity (Wildman–Crippen MR) is 78.9 cm³/mol. The summed E-state index contributed by atoms with van der Waals surface area (Å²) in [6.45, 7) is 5.31. The summed E-state index contributed by atoms with van der Waals surface area (Å²) < 4.78 is 0. The molecule has 1 saturated carbocycles. The van der Waals surface area contributed by atoms with E-state index in [0.717, 1.165) is 19.4 Å². The van der Waals surface area contributed by atoms with Crippen molar-refractivity contribution in [2.24, 2.45) is 0 Å². The molecule has 2 nitrogen and oxygen atoms in total. The molecule has 0 heterocycles. The van der Waals surface area contributed by atoms with Crippen molar-refractivity contribution in [3.63, 3.8) is 0 Å². The molecule has 0 spiro atoms. The number of hydrogen-bond donors (Lipinski definition) is 2. The molecule has 2 heteroatoms. The molecule has 1 unspecified atom stereocenters. The van der Waals surface area contributed by atoms with Crippen LogP contribution in [0, 0.1) is 0 Å². The van der Waals surface area contributed by atoms with Crippen molar-refractivity contribution in [3.8, 4) is 0 Å². The molecule has 108 valence electrons. The van der Waals surface area contributed by atoms with Gasteiger partial charge in [-0.05, 0) is 26.2 Å². The van der Waals surface area contributed by atoms with Crippen LogP contribution in [0.1, 0.15) is 84.5 Å². The quantitative estimate of drug-likeness (QED) is 0.610. The first-order valence-electron chi connectivity index (χ1n) is 8.12. The van der Waals surface area contributed by atoms with Crippen molar-refractivity contribution < 1.29 is 5.11 Å². The molecule has 0 radical (unpaired) electrons. The monoisotopic (exact) mass is 255 g/mol. The molecule has 0 aromatic rings. The van der Waals surface area contributed by atoms with Gasteiger partial charge in [-0.3, -0.25) is 0 Å². The maximum Gasteiger partial charge on any atom is 0.0771 e. The molecule has 0 bridgehead atoms. The molecular formula is C16H33NO. The van der Waals surface area contributed by atoms with Crippen LogP contribution in [0.15, 0.2) is 0 Å². The fraction of sp³-hybridized carbons (Fsp3) is 1.00. The largest absolute Gasteiger partial charge is 0.389 e. The van der Waals surface area contributed by atoms with E-state index >= 15 is 0 Å². The summed E-state index contributed by atoms with van der Waals surface area (Å²) >= 11 is 0. The molecule has 0 saturated heterocycles. The van der Waals surface area contributed by atoms with Crippen LogP contribution in [0.2, 0.25) is 0 Å². The molecular weight excluding hydrogens is 222 g/mol. The highest BCUT2D eigenvalue weighted by Gasteiger charge is 2.28. The Bertz CT molecular complexity index is 199. The van der Waals surface area contributed by atoms with Crippen LogP contribution >= 0.6 is 0 Å². The molecule has 18 heavy (non-hydrogen) atoms. The van der Waals surface area contributed by atoms with Crippen LogP contribution < -0.4 is 5.32 Å². The minimum absolute atomic E-state index is 0.408. The third-order valence-electron chi connectivity index (χ3n) is 4.30. The van der Waals surface area contributed by atoms with E-state index in [1.54, 1.807) is 0 Å². The second kappa shape index (κ2) is 8.92. The zero-order chi connectivity index (χ0) is 13.3. The Kier molecular flexibility index (Phi) is 7.92. The Balaban J connectivity index is 2.03. The van der Waals surface area contributed by atoms with E-state index in [1.165, 1.54) is 57.8 Å². The average Bonchev–Trinajstić information content (AvgIpc) is 2.37. The number of hydrogen-bond acceptors (Lipinski definition) is 2. The van der Waals surface area contributed by atoms with E-state index in [-0.39, 0.29) is 0 Å². The Labute approximate surface area is 114 Å². The lowest BCUT2D eigenvalue weighted by Crippen LogP contribution is -2.44. The van der Waals surface area contributed by atoms with E-state index in [2.05, 4.69) is 19.2 Å². The highest BCUT2D eigenvalue weighted by Crippen LogP contribution is 2.27. The lowest BCUT2D eigenvalue weighted by atomic mass is 9.84. The normalized spacial score (nSPS) is 20.8. The summed E-state index contributed by atoms with van der Waals surface area (Å²) in [6.07, 6.45) is 13.7. The van der Waals surface area contributed by atoms with Gasteiger partial charge >= 0.3 is 0 Å². The van der Waals surface area contributed by atoms with Gasteiger partial charge in [0, 0.05) is 12.6 Å². The Morgan fingerprint density at radius 2 is 1.72 bits per heavy atom. The first-order chi connectivity index (χ1) is 8.66. The smallest absolute Gasteiger partial charge is 0.0771 e. The molecule has 1 aliphatic rings. The summed E-state index contributed by atoms with van der Waals surface area (Å²) in [5.74, 6) is 0. The summed E-state index contributed by atoms with van der Waals surface area (Å²) in [7, 11) is 0. The van der Waals surface area contributed by atoms with Crippen LogP contribution in [0.5, 0.6) is 0 Å². The molecule has 0 amide bonds. The standard InChI is InChI=1S/C16H33NO/c1-3-4-5-6-8-11-15(2)17-14-16(18)12-9-7-10-13-16/h15,17-18H,3-14H2,1-2H3. The molecule has 1 fully saturated rings. The lowest BCUT2D eigenvalue weighted by molar-refractivity contribution is 0.00281. The Morgan fingerprint density at radius 1 is 1.06 bits per heavy atom. The van der Waals surface area contributed by atoms with Crippen molar-refractivity contribution in [1.82, 2.24) is 5.32 Å². The highest BCUT2D eigenvalue weighted by atomic mass is 16.3. The number of aliphatic hydroxyl groups is 1. The van der Waals surface area contributed by atoms with Crippen molar-refractivity contribution in [2.75, 3.05) is 6.54 Å². The first-order valence-corrected chi connectivity index (χ1v) is 8.12. The van der Waals surface area contributed by atoms with Crippen molar-refractivity contribution in [2.45, 2.75) is 96.1 Å². The number of rotatable bonds is 9. The zero-order valence-electron chi connectivity index (χ0n) is 12.5. The fourth-order valence-electron chi connectivity index (χ4n) is 2.91. The van der Waals surface area contributed by atoms with Gasteiger partial charge in [0.1, 0.15) is 0 Å². The molecule has 0 aliphatic heterocycles. The van der Waals surface area contributed by atoms with Crippen molar-refractivity contribution in [1.29, 1.82) is 0 Å². The Hall–Kier alpha value is -0.0800. The summed E-state index contributed by atoms with van der Waals surface area (Å²) in [5.41, 5.74) is -0.408. The van der Waals surface area contributed by atoms with Gasteiger partial charge in [0.15, 0.2) is 0 Å². The van der Waals surface area contributed by atoms with E-state index in [1.807, 2.05) is 0 Å². The predicted octanol–water partition coefficient (Wildman–Crippen LogP) is 4.02. The van der Waals surface area contributed by atoms with Crippen LogP contribution in [0.25, 0.3) is 0 Å². The minimum Gasteiger partial charge on any atom is -0.389 e. The second-order valence-electron chi connectivity index (χ2n) is 6.27. The summed E-state index contributed by atoms with van der Waals surface area (Å²) in [6, 6.07) is 0.553. The van der Waals surface area contributed by atoms with Gasteiger partial charge in [-0.2, -0.15) is 0 Å². The molecule has 0 aromatic heterocycles. The van der Waals surface area contributed by atoms with Gasteiger partial charge in [-0.15, -0.1) is 0 Å². The van der Waals surface area contributed by atoms with Gasteiger partial charge in [-0.25, -0.2) is 0 Å². The second-order valence-corrected chi connectivity index (χ2v) is 6.27. The summed E-state index contributed by atoms with van der Waals surface area (Å²) in [4.78, 5) is 0. The first kappa shape index (κ1) is 16.0. The minimum atomic E-state index is -0.408. The zero-order valence-corrected chi connectivity index (χ0v) is 12.5. The maximum atomic E-state index is 10.4. The van der Waals surface area contributed by atoms with Gasteiger partial charge in [-0.1, -0.05) is 58.3 Å². The van der Waals surface area contributed by atoms with E-state index in [9.17, 15) is 5.11 Å². The lowest BCUT2D eigenvalue weighted by Gasteiger charge is -2.33. The average molecular weight is 255 g/mol. The van der Waals surface area contributed by atoms with Gasteiger partial charge in [0.25, 0.3) is 0 Å². The van der Waals surface area contributed by atoms with Crippen LogP contribution in [0.3, 0.4) is 0 Å². The van der Waals surface area contributed by atoms with Crippen LogP contribution in [-0.4, -0.2) is 23.3 Å². The molecule has 2 N–H and O–H groups in total. The third kappa shape index (κ3) is 6.75. The molecule has 1 atom stereocenters. The molecule has 0 aromatic carbocycles. The van der Waals surface area contributed by atoms with Crippen LogP contribution in [0.4, 0.5) is 0 Å².